The van der Waals surface area contributed by atoms with E-state index in [1.165, 1.54) is 0 Å². The molecule has 1 heterocycles. The van der Waals surface area contributed by atoms with Crippen LogP contribution in [0.25, 0.3) is 10.9 Å². The van der Waals surface area contributed by atoms with E-state index in [2.05, 4.69) is 4.98 Å². The Bertz CT molecular complexity index is 686. The number of nitrogens with one attached hydrogen (secondary N) is 1. The van der Waals surface area contributed by atoms with Crippen LogP contribution in [0.4, 0.5) is 0 Å². The molecular formula is C14H15Cl2NO. The Balaban J connectivity index is 3.07. The zero-order valence-corrected chi connectivity index (χ0v) is 12.3. The molecule has 0 atom stereocenters. The Morgan fingerprint density at radius 2 is 1.83 bits per heavy atom. The van der Waals surface area contributed by atoms with Gasteiger partial charge >= 0.3 is 0 Å². The third-order valence-corrected chi connectivity index (χ3v) is 3.95. The molecule has 0 unspecified atom stereocenters. The molecule has 0 spiro atoms. The fourth-order valence-corrected chi connectivity index (χ4v) is 2.88. The molecule has 0 aliphatic heterocycles. The van der Waals surface area contributed by atoms with E-state index in [9.17, 15) is 4.79 Å². The second kappa shape index (κ2) is 4.60. The van der Waals surface area contributed by atoms with Gasteiger partial charge in [0.25, 0.3) is 0 Å². The van der Waals surface area contributed by atoms with Crippen molar-refractivity contribution in [2.24, 2.45) is 0 Å². The molecule has 96 valence electrons. The minimum atomic E-state index is -0.0214. The van der Waals surface area contributed by atoms with E-state index in [0.717, 1.165) is 16.8 Å². The Kier molecular flexibility index (Phi) is 3.43. The molecule has 0 saturated heterocycles. The summed E-state index contributed by atoms with van der Waals surface area (Å²) < 4.78 is 0. The van der Waals surface area contributed by atoms with E-state index in [0.29, 0.717) is 20.9 Å². The molecule has 2 aromatic rings. The SMILES string of the molecule is Cc1cc(Cl)c2[nH]c(C)c(C(C)C)c(=O)c2c1Cl. The first-order chi connectivity index (χ1) is 8.34. The topological polar surface area (TPSA) is 32.9 Å². The van der Waals surface area contributed by atoms with Crippen molar-refractivity contribution in [3.63, 3.8) is 0 Å². The number of benzene rings is 1. The van der Waals surface area contributed by atoms with Crippen molar-refractivity contribution in [1.82, 2.24) is 4.98 Å². The number of hydrogen-bond donors (Lipinski definition) is 1. The van der Waals surface area contributed by atoms with Crippen molar-refractivity contribution >= 4 is 34.1 Å². The van der Waals surface area contributed by atoms with Gasteiger partial charge in [-0.25, -0.2) is 0 Å². The van der Waals surface area contributed by atoms with Crippen LogP contribution in [0.15, 0.2) is 10.9 Å². The summed E-state index contributed by atoms with van der Waals surface area (Å²) in [6, 6.07) is 1.77. The van der Waals surface area contributed by atoms with E-state index < -0.39 is 0 Å². The normalized spacial score (nSPS) is 11.5. The first-order valence-corrected chi connectivity index (χ1v) is 6.61. The molecule has 2 nitrogen and oxygen atoms in total. The standard InChI is InChI=1S/C14H15Cl2NO/c1-6(2)10-8(4)17-13-9(15)5-7(3)12(16)11(13)14(10)18/h5-6H,1-4H3,(H,17,18). The minimum absolute atomic E-state index is 0.0214. The van der Waals surface area contributed by atoms with Crippen LogP contribution >= 0.6 is 23.2 Å². The molecule has 0 fully saturated rings. The van der Waals surface area contributed by atoms with Gasteiger partial charge in [-0.1, -0.05) is 37.0 Å². The summed E-state index contributed by atoms with van der Waals surface area (Å²) in [7, 11) is 0. The summed E-state index contributed by atoms with van der Waals surface area (Å²) in [4.78, 5) is 15.8. The summed E-state index contributed by atoms with van der Waals surface area (Å²) in [6.07, 6.45) is 0. The van der Waals surface area contributed by atoms with Gasteiger partial charge in [0.1, 0.15) is 0 Å². The third kappa shape index (κ3) is 1.94. The number of aryl methyl sites for hydroxylation is 2. The molecule has 0 aliphatic rings. The second-order valence-electron chi connectivity index (χ2n) is 4.89. The number of aromatic nitrogens is 1. The summed E-state index contributed by atoms with van der Waals surface area (Å²) in [5, 5.41) is 1.51. The maximum absolute atomic E-state index is 12.6. The van der Waals surface area contributed by atoms with Gasteiger partial charge in [0.2, 0.25) is 0 Å². The number of aromatic amines is 1. The van der Waals surface area contributed by atoms with Crippen LogP contribution in [0.3, 0.4) is 0 Å². The molecule has 1 N–H and O–H groups in total. The number of fused-ring (bicyclic) bond motifs is 1. The highest BCUT2D eigenvalue weighted by Gasteiger charge is 2.17. The van der Waals surface area contributed by atoms with Gasteiger partial charge in [0.15, 0.2) is 5.43 Å². The van der Waals surface area contributed by atoms with Gasteiger partial charge in [-0.05, 0) is 31.4 Å². The molecule has 4 heteroatoms. The van der Waals surface area contributed by atoms with Crippen molar-refractivity contribution < 1.29 is 0 Å². The molecule has 0 amide bonds. The van der Waals surface area contributed by atoms with E-state index >= 15 is 0 Å². The van der Waals surface area contributed by atoms with Gasteiger partial charge < -0.3 is 4.98 Å². The van der Waals surface area contributed by atoms with Gasteiger partial charge in [0, 0.05) is 11.3 Å². The Hall–Kier alpha value is -0.990. The van der Waals surface area contributed by atoms with Crippen LogP contribution in [0.2, 0.25) is 10.0 Å². The lowest BCUT2D eigenvalue weighted by Gasteiger charge is -2.13. The molecule has 1 aromatic carbocycles. The third-order valence-electron chi connectivity index (χ3n) is 3.16. The van der Waals surface area contributed by atoms with Crippen molar-refractivity contribution in [3.05, 3.63) is 43.2 Å². The van der Waals surface area contributed by atoms with Gasteiger partial charge in [-0.3, -0.25) is 4.79 Å². The van der Waals surface area contributed by atoms with Gasteiger partial charge in [-0.15, -0.1) is 0 Å². The van der Waals surface area contributed by atoms with Crippen molar-refractivity contribution in [2.45, 2.75) is 33.6 Å². The minimum Gasteiger partial charge on any atom is -0.357 e. The van der Waals surface area contributed by atoms with E-state index in [-0.39, 0.29) is 11.3 Å². The maximum atomic E-state index is 12.6. The highest BCUT2D eigenvalue weighted by molar-refractivity contribution is 6.40. The zero-order chi connectivity index (χ0) is 13.6. The predicted octanol–water partition coefficient (Wildman–Crippen LogP) is 4.58. The smallest absolute Gasteiger partial charge is 0.194 e. The van der Waals surface area contributed by atoms with Crippen LogP contribution in [-0.2, 0) is 0 Å². The van der Waals surface area contributed by atoms with Crippen LogP contribution in [0.5, 0.6) is 0 Å². The zero-order valence-electron chi connectivity index (χ0n) is 10.8. The molecule has 0 saturated carbocycles. The van der Waals surface area contributed by atoms with Gasteiger partial charge in [0.05, 0.1) is 20.9 Å². The van der Waals surface area contributed by atoms with Crippen LogP contribution in [0, 0.1) is 13.8 Å². The quantitative estimate of drug-likeness (QED) is 0.817. The van der Waals surface area contributed by atoms with Crippen molar-refractivity contribution in [1.29, 1.82) is 0 Å². The van der Waals surface area contributed by atoms with E-state index in [1.54, 1.807) is 6.07 Å². The molecule has 1 aromatic heterocycles. The number of pyridine rings is 1. The fraction of sp³-hybridized carbons (Fsp3) is 0.357. The Labute approximate surface area is 116 Å². The Morgan fingerprint density at radius 3 is 2.39 bits per heavy atom. The number of hydrogen-bond acceptors (Lipinski definition) is 1. The van der Waals surface area contributed by atoms with Gasteiger partial charge in [-0.2, -0.15) is 0 Å². The fourth-order valence-electron chi connectivity index (χ4n) is 2.34. The lowest BCUT2D eigenvalue weighted by atomic mass is 9.98. The number of H-pyrrole nitrogens is 1. The number of rotatable bonds is 1. The predicted molar refractivity (Wildman–Crippen MR) is 78.2 cm³/mol. The molecule has 18 heavy (non-hydrogen) atoms. The highest BCUT2D eigenvalue weighted by atomic mass is 35.5. The lowest BCUT2D eigenvalue weighted by Crippen LogP contribution is -2.15. The molecular weight excluding hydrogens is 269 g/mol. The summed E-state index contributed by atoms with van der Waals surface area (Å²) in [6.45, 7) is 7.73. The summed E-state index contributed by atoms with van der Waals surface area (Å²) >= 11 is 12.4. The maximum Gasteiger partial charge on any atom is 0.194 e. The average Bonchev–Trinajstić information content (AvgIpc) is 2.25. The largest absolute Gasteiger partial charge is 0.357 e. The molecule has 0 radical (unpaired) electrons. The first-order valence-electron chi connectivity index (χ1n) is 5.85. The van der Waals surface area contributed by atoms with Crippen molar-refractivity contribution in [2.75, 3.05) is 0 Å². The first kappa shape index (κ1) is 13.4. The summed E-state index contributed by atoms with van der Waals surface area (Å²) in [5.41, 5.74) is 3.04. The van der Waals surface area contributed by atoms with E-state index in [1.807, 2.05) is 27.7 Å². The van der Waals surface area contributed by atoms with Crippen LogP contribution < -0.4 is 5.43 Å². The second-order valence-corrected chi connectivity index (χ2v) is 5.67. The van der Waals surface area contributed by atoms with E-state index in [4.69, 9.17) is 23.2 Å². The average molecular weight is 284 g/mol. The Morgan fingerprint density at radius 1 is 1.22 bits per heavy atom. The van der Waals surface area contributed by atoms with Crippen LogP contribution in [0.1, 0.15) is 36.6 Å². The molecule has 0 aliphatic carbocycles. The summed E-state index contributed by atoms with van der Waals surface area (Å²) in [5.74, 6) is 0.147. The molecule has 2 rings (SSSR count). The lowest BCUT2D eigenvalue weighted by molar-refractivity contribution is 0.839. The van der Waals surface area contributed by atoms with Crippen molar-refractivity contribution in [3.8, 4) is 0 Å². The van der Waals surface area contributed by atoms with Crippen LogP contribution in [-0.4, -0.2) is 4.98 Å². The highest BCUT2D eigenvalue weighted by Crippen LogP contribution is 2.31. The molecule has 0 bridgehead atoms. The number of halogens is 2. The monoisotopic (exact) mass is 283 g/mol.